The van der Waals surface area contributed by atoms with Crippen LogP contribution in [0.4, 0.5) is 0 Å². The third kappa shape index (κ3) is 3.90. The highest BCUT2D eigenvalue weighted by atomic mass is 16.5. The Labute approximate surface area is 106 Å². The van der Waals surface area contributed by atoms with Gasteiger partial charge in [0, 0.05) is 6.08 Å². The zero-order chi connectivity index (χ0) is 13.4. The van der Waals surface area contributed by atoms with E-state index in [-0.39, 0.29) is 17.9 Å². The Kier molecular flexibility index (Phi) is 5.38. The molecule has 0 spiro atoms. The highest BCUT2D eigenvalue weighted by Crippen LogP contribution is 2.19. The van der Waals surface area contributed by atoms with Gasteiger partial charge in [-0.05, 0) is 19.1 Å². The van der Waals surface area contributed by atoms with Gasteiger partial charge in [0.25, 0.3) is 0 Å². The van der Waals surface area contributed by atoms with Gasteiger partial charge in [-0.2, -0.15) is 0 Å². The molecule has 1 rings (SSSR count). The zero-order valence-electron chi connectivity index (χ0n) is 10.1. The van der Waals surface area contributed by atoms with E-state index in [4.69, 9.17) is 9.47 Å². The van der Waals surface area contributed by atoms with E-state index in [0.29, 0.717) is 0 Å². The molecule has 0 saturated carbocycles. The summed E-state index contributed by atoms with van der Waals surface area (Å²) in [6.07, 6.45) is 4.29. The second-order valence-corrected chi connectivity index (χ2v) is 3.30. The Balaban J connectivity index is 2.88. The van der Waals surface area contributed by atoms with Crippen molar-refractivity contribution >= 4 is 11.9 Å². The van der Waals surface area contributed by atoms with E-state index in [9.17, 15) is 9.59 Å². The normalized spacial score (nSPS) is 10.1. The van der Waals surface area contributed by atoms with Crippen LogP contribution in [0.15, 0.2) is 49.1 Å². The number of carbonyl (C=O) groups is 2. The topological polar surface area (TPSA) is 52.6 Å². The first-order chi connectivity index (χ1) is 8.69. The van der Waals surface area contributed by atoms with E-state index >= 15 is 0 Å². The Bertz CT molecular complexity index is 474. The molecule has 0 aliphatic carbocycles. The van der Waals surface area contributed by atoms with Gasteiger partial charge in [0.2, 0.25) is 0 Å². The van der Waals surface area contributed by atoms with Gasteiger partial charge in [0.15, 0.2) is 0 Å². The molecule has 0 heterocycles. The first kappa shape index (κ1) is 13.7. The molecule has 4 heteroatoms. The predicted molar refractivity (Wildman–Crippen MR) is 67.4 cm³/mol. The number of carbonyl (C=O) groups excluding carboxylic acids is 2. The van der Waals surface area contributed by atoms with Gasteiger partial charge >= 0.3 is 11.9 Å². The van der Waals surface area contributed by atoms with Gasteiger partial charge in [-0.25, -0.2) is 9.59 Å². The molecule has 1 aromatic rings. The molecule has 0 bridgehead atoms. The van der Waals surface area contributed by atoms with Gasteiger partial charge in [-0.15, -0.1) is 0 Å². The molecule has 0 aliphatic rings. The SMILES string of the molecule is C=CCOC(=O)c1ccccc1OC(=O)C=CC. The largest absolute Gasteiger partial charge is 0.458 e. The third-order valence-corrected chi connectivity index (χ3v) is 1.95. The number of hydrogen-bond acceptors (Lipinski definition) is 4. The maximum atomic E-state index is 11.7. The van der Waals surface area contributed by atoms with Crippen LogP contribution in [0.5, 0.6) is 5.75 Å². The molecule has 0 unspecified atom stereocenters. The Morgan fingerprint density at radius 3 is 2.72 bits per heavy atom. The summed E-state index contributed by atoms with van der Waals surface area (Å²) in [6, 6.07) is 6.40. The summed E-state index contributed by atoms with van der Waals surface area (Å²) >= 11 is 0. The summed E-state index contributed by atoms with van der Waals surface area (Å²) in [6.45, 7) is 5.26. The number of benzene rings is 1. The molecule has 0 fully saturated rings. The zero-order valence-corrected chi connectivity index (χ0v) is 10.1. The molecule has 1 aromatic carbocycles. The van der Waals surface area contributed by atoms with E-state index in [0.717, 1.165) is 0 Å². The van der Waals surface area contributed by atoms with E-state index in [2.05, 4.69) is 6.58 Å². The lowest BCUT2D eigenvalue weighted by Gasteiger charge is -2.07. The quantitative estimate of drug-likeness (QED) is 0.346. The van der Waals surface area contributed by atoms with Crippen LogP contribution < -0.4 is 4.74 Å². The van der Waals surface area contributed by atoms with Crippen molar-refractivity contribution in [3.8, 4) is 5.75 Å². The highest BCUT2D eigenvalue weighted by molar-refractivity contribution is 5.94. The van der Waals surface area contributed by atoms with Crippen LogP contribution in [0.1, 0.15) is 17.3 Å². The van der Waals surface area contributed by atoms with Gasteiger partial charge in [-0.1, -0.05) is 30.9 Å². The average molecular weight is 246 g/mol. The van der Waals surface area contributed by atoms with Crippen molar-refractivity contribution in [2.45, 2.75) is 6.92 Å². The fourth-order valence-corrected chi connectivity index (χ4v) is 1.22. The van der Waals surface area contributed by atoms with Crippen molar-refractivity contribution in [2.24, 2.45) is 0 Å². The van der Waals surface area contributed by atoms with E-state index < -0.39 is 11.9 Å². The maximum absolute atomic E-state index is 11.7. The standard InChI is InChI=1S/C14H14O4/c1-3-7-13(15)18-12-9-6-5-8-11(12)14(16)17-10-4-2/h3-9H,2,10H2,1H3. The average Bonchev–Trinajstić information content (AvgIpc) is 2.37. The third-order valence-electron chi connectivity index (χ3n) is 1.95. The van der Waals surface area contributed by atoms with Crippen molar-refractivity contribution in [2.75, 3.05) is 6.61 Å². The summed E-state index contributed by atoms with van der Waals surface area (Å²) in [5.41, 5.74) is 0.206. The molecule has 0 aliphatic heterocycles. The summed E-state index contributed by atoms with van der Waals surface area (Å²) in [5, 5.41) is 0. The maximum Gasteiger partial charge on any atom is 0.342 e. The van der Waals surface area contributed by atoms with Crippen molar-refractivity contribution in [1.29, 1.82) is 0 Å². The van der Waals surface area contributed by atoms with Crippen LogP contribution in [-0.2, 0) is 9.53 Å². The molecule has 0 saturated heterocycles. The second-order valence-electron chi connectivity index (χ2n) is 3.30. The Morgan fingerprint density at radius 2 is 2.06 bits per heavy atom. The molecule has 18 heavy (non-hydrogen) atoms. The predicted octanol–water partition coefficient (Wildman–Crippen LogP) is 2.51. The van der Waals surface area contributed by atoms with Gasteiger partial charge < -0.3 is 9.47 Å². The number of esters is 2. The number of ether oxygens (including phenoxy) is 2. The minimum Gasteiger partial charge on any atom is -0.458 e. The number of allylic oxidation sites excluding steroid dienone is 1. The minimum atomic E-state index is -0.557. The summed E-state index contributed by atoms with van der Waals surface area (Å²) in [7, 11) is 0. The first-order valence-corrected chi connectivity index (χ1v) is 5.40. The second kappa shape index (κ2) is 7.06. The molecular formula is C14H14O4. The fraction of sp³-hybridized carbons (Fsp3) is 0.143. The van der Waals surface area contributed by atoms with E-state index in [1.807, 2.05) is 0 Å². The molecule has 4 nitrogen and oxygen atoms in total. The molecule has 0 aromatic heterocycles. The van der Waals surface area contributed by atoms with Gasteiger partial charge in [0.1, 0.15) is 17.9 Å². The van der Waals surface area contributed by atoms with Crippen molar-refractivity contribution in [3.63, 3.8) is 0 Å². The highest BCUT2D eigenvalue weighted by Gasteiger charge is 2.14. The Hall–Kier alpha value is -2.36. The Morgan fingerprint density at radius 1 is 1.33 bits per heavy atom. The minimum absolute atomic E-state index is 0.107. The molecule has 0 amide bonds. The molecule has 0 radical (unpaired) electrons. The lowest BCUT2D eigenvalue weighted by molar-refractivity contribution is -0.129. The first-order valence-electron chi connectivity index (χ1n) is 5.40. The number of para-hydroxylation sites is 1. The number of hydrogen-bond donors (Lipinski definition) is 0. The smallest absolute Gasteiger partial charge is 0.342 e. The number of rotatable bonds is 5. The van der Waals surface area contributed by atoms with Crippen LogP contribution in [0.25, 0.3) is 0 Å². The van der Waals surface area contributed by atoms with Crippen molar-refractivity contribution in [3.05, 3.63) is 54.6 Å². The van der Waals surface area contributed by atoms with Crippen LogP contribution >= 0.6 is 0 Å². The van der Waals surface area contributed by atoms with Crippen LogP contribution in [0.3, 0.4) is 0 Å². The summed E-state index contributed by atoms with van der Waals surface area (Å²) in [5.74, 6) is -0.921. The fourth-order valence-electron chi connectivity index (χ4n) is 1.22. The lowest BCUT2D eigenvalue weighted by atomic mass is 10.2. The van der Waals surface area contributed by atoms with Crippen LogP contribution in [0, 0.1) is 0 Å². The summed E-state index contributed by atoms with van der Waals surface area (Å²) < 4.78 is 9.93. The molecule has 0 N–H and O–H groups in total. The van der Waals surface area contributed by atoms with Crippen LogP contribution in [-0.4, -0.2) is 18.5 Å². The van der Waals surface area contributed by atoms with E-state index in [1.165, 1.54) is 24.3 Å². The summed E-state index contributed by atoms with van der Waals surface area (Å²) in [4.78, 5) is 23.0. The van der Waals surface area contributed by atoms with Crippen molar-refractivity contribution < 1.29 is 19.1 Å². The van der Waals surface area contributed by atoms with Crippen LogP contribution in [0.2, 0.25) is 0 Å². The molecule has 0 atom stereocenters. The van der Waals surface area contributed by atoms with Gasteiger partial charge in [-0.3, -0.25) is 0 Å². The molecular weight excluding hydrogens is 232 g/mol. The molecule has 94 valence electrons. The van der Waals surface area contributed by atoms with Crippen molar-refractivity contribution in [1.82, 2.24) is 0 Å². The van der Waals surface area contributed by atoms with E-state index in [1.54, 1.807) is 25.1 Å². The van der Waals surface area contributed by atoms with Gasteiger partial charge in [0.05, 0.1) is 0 Å². The monoisotopic (exact) mass is 246 g/mol. The lowest BCUT2D eigenvalue weighted by Crippen LogP contribution is -2.11.